The van der Waals surface area contributed by atoms with E-state index in [-0.39, 0.29) is 6.61 Å². The van der Waals surface area contributed by atoms with Gasteiger partial charge in [-0.25, -0.2) is 0 Å². The minimum Gasteiger partial charge on any atom is -0.393 e. The molecule has 0 unspecified atom stereocenters. The molecular weight excluding hydrogens is 140 g/mol. The second kappa shape index (κ2) is 3.51. The Morgan fingerprint density at radius 2 is 2.18 bits per heavy atom. The fourth-order valence-corrected chi connectivity index (χ4v) is 0.983. The van der Waals surface area contributed by atoms with Crippen LogP contribution in [0.3, 0.4) is 0 Å². The Morgan fingerprint density at radius 1 is 1.45 bits per heavy atom. The van der Waals surface area contributed by atoms with Gasteiger partial charge < -0.3 is 10.2 Å². The second-order valence-corrected chi connectivity index (χ2v) is 2.61. The highest BCUT2D eigenvalue weighted by molar-refractivity contribution is 5.23. The molecule has 0 saturated carbocycles. The average molecular weight is 152 g/mol. The van der Waals surface area contributed by atoms with Gasteiger partial charge in [0.15, 0.2) is 0 Å². The van der Waals surface area contributed by atoms with Crippen LogP contribution < -0.4 is 0 Å². The first kappa shape index (κ1) is 8.24. The van der Waals surface area contributed by atoms with Crippen molar-refractivity contribution in [3.8, 4) is 0 Å². The van der Waals surface area contributed by atoms with Gasteiger partial charge in [-0.15, -0.1) is 0 Å². The first-order valence-electron chi connectivity index (χ1n) is 3.59. The molecule has 0 saturated heterocycles. The average Bonchev–Trinajstić information content (AvgIpc) is 2.03. The first-order valence-corrected chi connectivity index (χ1v) is 3.59. The smallest absolute Gasteiger partial charge is 0.102 e. The van der Waals surface area contributed by atoms with Crippen LogP contribution in [0.4, 0.5) is 0 Å². The third-order valence-corrected chi connectivity index (χ3v) is 1.60. The van der Waals surface area contributed by atoms with Crippen molar-refractivity contribution in [2.75, 3.05) is 6.61 Å². The van der Waals surface area contributed by atoms with Gasteiger partial charge in [0, 0.05) is 0 Å². The van der Waals surface area contributed by atoms with E-state index in [0.29, 0.717) is 0 Å². The molecule has 0 spiro atoms. The third kappa shape index (κ3) is 2.03. The molecule has 0 radical (unpaired) electrons. The van der Waals surface area contributed by atoms with Gasteiger partial charge >= 0.3 is 0 Å². The summed E-state index contributed by atoms with van der Waals surface area (Å²) in [7, 11) is 0. The third-order valence-electron chi connectivity index (χ3n) is 1.60. The molecule has 2 N–H and O–H groups in total. The predicted octanol–water partition coefficient (Wildman–Crippen LogP) is 1.02. The molecule has 0 aromatic heterocycles. The highest BCUT2D eigenvalue weighted by Gasteiger charge is 2.03. The lowest BCUT2D eigenvalue weighted by Gasteiger charge is -2.06. The lowest BCUT2D eigenvalue weighted by molar-refractivity contribution is 0.0956. The molecule has 60 valence electrons. The van der Waals surface area contributed by atoms with Gasteiger partial charge in [0.25, 0.3) is 0 Å². The zero-order valence-corrected chi connectivity index (χ0v) is 6.49. The van der Waals surface area contributed by atoms with E-state index < -0.39 is 6.10 Å². The van der Waals surface area contributed by atoms with Gasteiger partial charge in [0.2, 0.25) is 0 Å². The zero-order valence-electron chi connectivity index (χ0n) is 6.49. The van der Waals surface area contributed by atoms with E-state index in [2.05, 4.69) is 0 Å². The molecule has 1 aromatic rings. The van der Waals surface area contributed by atoms with Crippen LogP contribution in [0.5, 0.6) is 0 Å². The Kier molecular flexibility index (Phi) is 2.63. The summed E-state index contributed by atoms with van der Waals surface area (Å²) in [5.74, 6) is 0. The van der Waals surface area contributed by atoms with Gasteiger partial charge in [-0.3, -0.25) is 0 Å². The van der Waals surface area contributed by atoms with Crippen molar-refractivity contribution in [3.63, 3.8) is 0 Å². The summed E-state index contributed by atoms with van der Waals surface area (Å²) in [6.07, 6.45) is -0.741. The largest absolute Gasteiger partial charge is 0.393 e. The Labute approximate surface area is 66.1 Å². The van der Waals surface area contributed by atoms with Gasteiger partial charge in [0.05, 0.1) is 6.61 Å². The van der Waals surface area contributed by atoms with Gasteiger partial charge in [-0.05, 0) is 12.5 Å². The SMILES string of the molecule is Cc1cccc([C@H](O)CO)c1. The Bertz CT molecular complexity index is 233. The Balaban J connectivity index is 2.86. The summed E-state index contributed by atoms with van der Waals surface area (Å²) in [5.41, 5.74) is 1.86. The minimum absolute atomic E-state index is 0.219. The van der Waals surface area contributed by atoms with Crippen molar-refractivity contribution >= 4 is 0 Å². The quantitative estimate of drug-likeness (QED) is 0.664. The van der Waals surface area contributed by atoms with Crippen LogP contribution in [0.15, 0.2) is 24.3 Å². The van der Waals surface area contributed by atoms with E-state index in [1.807, 2.05) is 25.1 Å². The standard InChI is InChI=1S/C9H12O2/c1-7-3-2-4-8(5-7)9(11)6-10/h2-5,9-11H,6H2,1H3/t9-/m1/s1. The van der Waals surface area contributed by atoms with Gasteiger partial charge in [-0.1, -0.05) is 29.8 Å². The van der Waals surface area contributed by atoms with Crippen LogP contribution >= 0.6 is 0 Å². The van der Waals surface area contributed by atoms with Crippen molar-refractivity contribution < 1.29 is 10.2 Å². The lowest BCUT2D eigenvalue weighted by atomic mass is 10.1. The Hall–Kier alpha value is -0.860. The topological polar surface area (TPSA) is 40.5 Å². The summed E-state index contributed by atoms with van der Waals surface area (Å²) in [4.78, 5) is 0. The van der Waals surface area contributed by atoms with Crippen molar-refractivity contribution in [2.24, 2.45) is 0 Å². The van der Waals surface area contributed by atoms with E-state index >= 15 is 0 Å². The number of aryl methyl sites for hydroxylation is 1. The van der Waals surface area contributed by atoms with Crippen molar-refractivity contribution in [1.82, 2.24) is 0 Å². The summed E-state index contributed by atoms with van der Waals surface area (Å²) in [6, 6.07) is 7.48. The highest BCUT2D eigenvalue weighted by Crippen LogP contribution is 2.12. The van der Waals surface area contributed by atoms with Crippen LogP contribution in [0.1, 0.15) is 17.2 Å². The normalized spacial score (nSPS) is 13.0. The number of aliphatic hydroxyl groups is 2. The molecule has 0 amide bonds. The molecule has 0 heterocycles. The van der Waals surface area contributed by atoms with Crippen LogP contribution in [0, 0.1) is 6.92 Å². The summed E-state index contributed by atoms with van der Waals surface area (Å²) in [6.45, 7) is 1.73. The second-order valence-electron chi connectivity index (χ2n) is 2.61. The Morgan fingerprint density at radius 3 is 2.73 bits per heavy atom. The number of benzene rings is 1. The molecule has 0 bridgehead atoms. The highest BCUT2D eigenvalue weighted by atomic mass is 16.3. The molecule has 0 aliphatic carbocycles. The molecule has 1 atom stereocenters. The van der Waals surface area contributed by atoms with Crippen LogP contribution in [-0.2, 0) is 0 Å². The number of rotatable bonds is 2. The fraction of sp³-hybridized carbons (Fsp3) is 0.333. The molecule has 0 fully saturated rings. The maximum atomic E-state index is 9.20. The molecule has 2 nitrogen and oxygen atoms in total. The molecule has 0 aliphatic rings. The fourth-order valence-electron chi connectivity index (χ4n) is 0.983. The number of hydrogen-bond acceptors (Lipinski definition) is 2. The lowest BCUT2D eigenvalue weighted by Crippen LogP contribution is -2.01. The minimum atomic E-state index is -0.741. The molecular formula is C9H12O2. The molecule has 11 heavy (non-hydrogen) atoms. The molecule has 1 rings (SSSR count). The van der Waals surface area contributed by atoms with E-state index in [0.717, 1.165) is 11.1 Å². The van der Waals surface area contributed by atoms with Crippen molar-refractivity contribution in [2.45, 2.75) is 13.0 Å². The maximum absolute atomic E-state index is 9.20. The van der Waals surface area contributed by atoms with Crippen LogP contribution in [0.25, 0.3) is 0 Å². The number of aliphatic hydroxyl groups excluding tert-OH is 2. The maximum Gasteiger partial charge on any atom is 0.102 e. The van der Waals surface area contributed by atoms with Crippen molar-refractivity contribution in [1.29, 1.82) is 0 Å². The van der Waals surface area contributed by atoms with E-state index in [9.17, 15) is 5.11 Å². The van der Waals surface area contributed by atoms with E-state index in [1.54, 1.807) is 6.07 Å². The summed E-state index contributed by atoms with van der Waals surface area (Å²) < 4.78 is 0. The summed E-state index contributed by atoms with van der Waals surface area (Å²) >= 11 is 0. The van der Waals surface area contributed by atoms with E-state index in [1.165, 1.54) is 0 Å². The predicted molar refractivity (Wildman–Crippen MR) is 43.2 cm³/mol. The number of hydrogen-bond donors (Lipinski definition) is 2. The first-order chi connectivity index (χ1) is 5.24. The summed E-state index contributed by atoms with van der Waals surface area (Å²) in [5, 5.41) is 17.8. The van der Waals surface area contributed by atoms with Crippen LogP contribution in [0.2, 0.25) is 0 Å². The molecule has 1 aromatic carbocycles. The van der Waals surface area contributed by atoms with Crippen molar-refractivity contribution in [3.05, 3.63) is 35.4 Å². The van der Waals surface area contributed by atoms with E-state index in [4.69, 9.17) is 5.11 Å². The zero-order chi connectivity index (χ0) is 8.27. The molecule has 2 heteroatoms. The van der Waals surface area contributed by atoms with Gasteiger partial charge in [0.1, 0.15) is 6.10 Å². The van der Waals surface area contributed by atoms with Crippen LogP contribution in [-0.4, -0.2) is 16.8 Å². The monoisotopic (exact) mass is 152 g/mol. The van der Waals surface area contributed by atoms with Gasteiger partial charge in [-0.2, -0.15) is 0 Å². The molecule has 0 aliphatic heterocycles.